The van der Waals surface area contributed by atoms with Gasteiger partial charge in [-0.05, 0) is 45.0 Å². The van der Waals surface area contributed by atoms with Crippen LogP contribution in [0.15, 0.2) is 46.1 Å². The summed E-state index contributed by atoms with van der Waals surface area (Å²) in [5.74, 6) is 1.36. The quantitative estimate of drug-likeness (QED) is 0.439. The third kappa shape index (κ3) is 5.89. The van der Waals surface area contributed by atoms with Crippen LogP contribution in [0.4, 0.5) is 5.69 Å². The molecule has 1 atom stereocenters. The van der Waals surface area contributed by atoms with E-state index in [1.807, 2.05) is 13.8 Å². The fourth-order valence-corrected chi connectivity index (χ4v) is 2.20. The number of nitrogens with zero attached hydrogens (tertiary/aromatic N) is 2. The summed E-state index contributed by atoms with van der Waals surface area (Å²) in [6, 6.07) is 7.03. The zero-order valence-corrected chi connectivity index (χ0v) is 15.2. The Balaban J connectivity index is 1.92. The molecule has 0 aliphatic heterocycles. The minimum absolute atomic E-state index is 0.0633. The second kappa shape index (κ2) is 9.00. The van der Waals surface area contributed by atoms with Crippen molar-refractivity contribution in [2.75, 3.05) is 25.0 Å². The fourth-order valence-electron chi connectivity index (χ4n) is 2.20. The van der Waals surface area contributed by atoms with Gasteiger partial charge in [0, 0.05) is 12.7 Å². The molecular formula is C18H25N5O3. The normalized spacial score (nSPS) is 13.8. The summed E-state index contributed by atoms with van der Waals surface area (Å²) in [5.41, 5.74) is -0.593. The van der Waals surface area contributed by atoms with Crippen LogP contribution in [-0.4, -0.2) is 41.6 Å². The highest BCUT2D eigenvalue weighted by Crippen LogP contribution is 2.21. The number of guanidine groups is 1. The lowest BCUT2D eigenvalue weighted by Gasteiger charge is -2.22. The van der Waals surface area contributed by atoms with Crippen molar-refractivity contribution in [3.05, 3.63) is 48.2 Å². The molecule has 0 bridgehead atoms. The van der Waals surface area contributed by atoms with Gasteiger partial charge in [-0.1, -0.05) is 0 Å². The number of carbonyl (C=O) groups is 1. The van der Waals surface area contributed by atoms with Crippen LogP contribution in [0.2, 0.25) is 0 Å². The van der Waals surface area contributed by atoms with E-state index in [0.29, 0.717) is 24.0 Å². The molecule has 0 fully saturated rings. The largest absolute Gasteiger partial charge is 0.463 e. The number of furan rings is 1. The van der Waals surface area contributed by atoms with Crippen molar-refractivity contribution in [1.82, 2.24) is 15.6 Å². The highest BCUT2D eigenvalue weighted by molar-refractivity contribution is 5.93. The van der Waals surface area contributed by atoms with Crippen LogP contribution in [0.25, 0.3) is 0 Å². The monoisotopic (exact) mass is 359 g/mol. The molecule has 0 aromatic carbocycles. The molecule has 0 saturated heterocycles. The molecule has 1 unspecified atom stereocenters. The first-order valence-corrected chi connectivity index (χ1v) is 8.42. The minimum Gasteiger partial charge on any atom is -0.463 e. The van der Waals surface area contributed by atoms with E-state index >= 15 is 0 Å². The van der Waals surface area contributed by atoms with E-state index in [1.165, 1.54) is 0 Å². The van der Waals surface area contributed by atoms with Crippen molar-refractivity contribution < 1.29 is 14.3 Å². The average Bonchev–Trinajstić information content (AvgIpc) is 3.06. The van der Waals surface area contributed by atoms with Gasteiger partial charge in [-0.25, -0.2) is 4.99 Å². The van der Waals surface area contributed by atoms with E-state index in [4.69, 9.17) is 4.42 Å². The van der Waals surface area contributed by atoms with Crippen LogP contribution < -0.4 is 16.0 Å². The number of hydrogen-bond donors (Lipinski definition) is 4. The molecule has 0 spiro atoms. The number of aliphatic hydroxyl groups is 1. The van der Waals surface area contributed by atoms with Gasteiger partial charge in [-0.3, -0.25) is 9.78 Å². The number of amides is 1. The predicted molar refractivity (Wildman–Crippen MR) is 99.9 cm³/mol. The van der Waals surface area contributed by atoms with Gasteiger partial charge in [0.25, 0.3) is 0 Å². The van der Waals surface area contributed by atoms with Crippen LogP contribution in [0.1, 0.15) is 25.4 Å². The Morgan fingerprint density at radius 1 is 1.35 bits per heavy atom. The first kappa shape index (κ1) is 19.5. The van der Waals surface area contributed by atoms with Crippen molar-refractivity contribution in [2.45, 2.75) is 26.4 Å². The van der Waals surface area contributed by atoms with E-state index in [-0.39, 0.29) is 19.0 Å². The molecule has 1 amide bonds. The predicted octanol–water partition coefficient (Wildman–Crippen LogP) is 1.38. The Bertz CT molecular complexity index is 740. The highest BCUT2D eigenvalue weighted by atomic mass is 16.4. The topological polar surface area (TPSA) is 112 Å². The number of carbonyl (C=O) groups excluding carboxylic acids is 1. The van der Waals surface area contributed by atoms with Gasteiger partial charge >= 0.3 is 0 Å². The third-order valence-electron chi connectivity index (χ3n) is 3.54. The van der Waals surface area contributed by atoms with Crippen molar-refractivity contribution >= 4 is 17.6 Å². The summed E-state index contributed by atoms with van der Waals surface area (Å²) >= 11 is 0. The number of aryl methyl sites for hydroxylation is 1. The van der Waals surface area contributed by atoms with Gasteiger partial charge in [0.1, 0.15) is 23.7 Å². The maximum Gasteiger partial charge on any atom is 0.246 e. The van der Waals surface area contributed by atoms with Crippen LogP contribution in [0.3, 0.4) is 0 Å². The summed E-state index contributed by atoms with van der Waals surface area (Å²) in [6.45, 7) is 6.12. The molecule has 2 aromatic rings. The Labute approximate surface area is 152 Å². The molecule has 140 valence electrons. The van der Waals surface area contributed by atoms with E-state index in [1.54, 1.807) is 43.6 Å². The number of nitrogens with one attached hydrogen (secondary N) is 3. The Morgan fingerprint density at radius 3 is 2.77 bits per heavy atom. The number of rotatable bonds is 7. The molecular weight excluding hydrogens is 334 g/mol. The van der Waals surface area contributed by atoms with Crippen molar-refractivity contribution in [2.24, 2.45) is 4.99 Å². The molecule has 0 saturated carbocycles. The SMILES string of the molecule is CCNC(=NCC(=O)Nc1cccnc1)NCC(C)(O)c1ccc(C)o1. The summed E-state index contributed by atoms with van der Waals surface area (Å²) in [7, 11) is 0. The first-order valence-electron chi connectivity index (χ1n) is 8.42. The Kier molecular flexibility index (Phi) is 6.74. The van der Waals surface area contributed by atoms with E-state index < -0.39 is 5.60 Å². The molecule has 26 heavy (non-hydrogen) atoms. The summed E-state index contributed by atoms with van der Waals surface area (Å²) in [5, 5.41) is 19.3. The standard InChI is InChI=1S/C18H25N5O3/c1-4-20-17(21-11-16(24)23-14-6-5-9-19-10-14)22-12-18(3,25)15-8-7-13(2)26-15/h5-10,25H,4,11-12H2,1-3H3,(H,23,24)(H2,20,21,22). The van der Waals surface area contributed by atoms with E-state index in [9.17, 15) is 9.90 Å². The van der Waals surface area contributed by atoms with Gasteiger partial charge in [-0.2, -0.15) is 0 Å². The van der Waals surface area contributed by atoms with Crippen LogP contribution in [-0.2, 0) is 10.4 Å². The smallest absolute Gasteiger partial charge is 0.246 e. The average molecular weight is 359 g/mol. The van der Waals surface area contributed by atoms with Gasteiger partial charge < -0.3 is 25.5 Å². The third-order valence-corrected chi connectivity index (χ3v) is 3.54. The van der Waals surface area contributed by atoms with Crippen LogP contribution >= 0.6 is 0 Å². The van der Waals surface area contributed by atoms with Crippen molar-refractivity contribution in [1.29, 1.82) is 0 Å². The molecule has 4 N–H and O–H groups in total. The van der Waals surface area contributed by atoms with Gasteiger partial charge in [0.15, 0.2) is 5.96 Å². The molecule has 2 rings (SSSR count). The zero-order chi connectivity index (χ0) is 19.0. The number of hydrogen-bond acceptors (Lipinski definition) is 5. The highest BCUT2D eigenvalue weighted by Gasteiger charge is 2.27. The zero-order valence-electron chi connectivity index (χ0n) is 15.2. The maximum absolute atomic E-state index is 12.0. The van der Waals surface area contributed by atoms with E-state index in [2.05, 4.69) is 25.9 Å². The van der Waals surface area contributed by atoms with E-state index in [0.717, 1.165) is 5.76 Å². The number of anilines is 1. The summed E-state index contributed by atoms with van der Waals surface area (Å²) < 4.78 is 5.48. The lowest BCUT2D eigenvalue weighted by molar-refractivity contribution is -0.114. The summed E-state index contributed by atoms with van der Waals surface area (Å²) in [4.78, 5) is 20.1. The number of pyridine rings is 1. The minimum atomic E-state index is -1.21. The van der Waals surface area contributed by atoms with Crippen molar-refractivity contribution in [3.8, 4) is 0 Å². The Morgan fingerprint density at radius 2 is 2.15 bits per heavy atom. The molecule has 2 aromatic heterocycles. The molecule has 0 radical (unpaired) electrons. The fraction of sp³-hybridized carbons (Fsp3) is 0.389. The van der Waals surface area contributed by atoms with Crippen LogP contribution in [0.5, 0.6) is 0 Å². The van der Waals surface area contributed by atoms with Gasteiger partial charge in [-0.15, -0.1) is 0 Å². The lowest BCUT2D eigenvalue weighted by Crippen LogP contribution is -2.44. The molecule has 0 aliphatic carbocycles. The maximum atomic E-state index is 12.0. The number of aromatic nitrogens is 1. The second-order valence-electron chi connectivity index (χ2n) is 6.02. The van der Waals surface area contributed by atoms with Gasteiger partial charge in [0.2, 0.25) is 5.91 Å². The molecule has 8 nitrogen and oxygen atoms in total. The second-order valence-corrected chi connectivity index (χ2v) is 6.02. The van der Waals surface area contributed by atoms with Gasteiger partial charge in [0.05, 0.1) is 18.4 Å². The Hall–Kier alpha value is -2.87. The van der Waals surface area contributed by atoms with Crippen LogP contribution in [0, 0.1) is 6.92 Å². The molecule has 8 heteroatoms. The molecule has 0 aliphatic rings. The molecule has 2 heterocycles. The van der Waals surface area contributed by atoms with Crippen molar-refractivity contribution in [3.63, 3.8) is 0 Å². The lowest BCUT2D eigenvalue weighted by atomic mass is 10.0. The number of aliphatic imine (C=N–C) groups is 1. The first-order chi connectivity index (χ1) is 12.4. The summed E-state index contributed by atoms with van der Waals surface area (Å²) in [6.07, 6.45) is 3.20.